The van der Waals surface area contributed by atoms with Crippen LogP contribution in [0.25, 0.3) is 11.1 Å². The van der Waals surface area contributed by atoms with Crippen LogP contribution in [0.3, 0.4) is 0 Å². The molecule has 4 rings (SSSR count). The summed E-state index contributed by atoms with van der Waals surface area (Å²) in [6.45, 7) is 0.985. The van der Waals surface area contributed by atoms with Gasteiger partial charge < -0.3 is 10.2 Å². The molecule has 1 aromatic carbocycles. The van der Waals surface area contributed by atoms with E-state index < -0.39 is 5.82 Å². The molecule has 2 fully saturated rings. The third kappa shape index (κ3) is 2.75. The lowest BCUT2D eigenvalue weighted by atomic mass is 9.91. The molecule has 0 radical (unpaired) electrons. The Morgan fingerprint density at radius 1 is 1.24 bits per heavy atom. The van der Waals surface area contributed by atoms with E-state index >= 15 is 0 Å². The van der Waals surface area contributed by atoms with Crippen LogP contribution in [0.2, 0.25) is 0 Å². The summed E-state index contributed by atoms with van der Waals surface area (Å²) in [4.78, 5) is 34.2. The number of carbonyl (C=O) groups is 2. The number of fused-ring (bicyclic) bond motifs is 1. The highest BCUT2D eigenvalue weighted by atomic mass is 19.1. The third-order valence-corrected chi connectivity index (χ3v) is 4.96. The van der Waals surface area contributed by atoms with Crippen molar-refractivity contribution in [2.45, 2.75) is 18.9 Å². The van der Waals surface area contributed by atoms with Crippen LogP contribution in [-0.4, -0.2) is 45.8 Å². The van der Waals surface area contributed by atoms with E-state index in [0.29, 0.717) is 24.2 Å². The Labute approximate surface area is 144 Å². The van der Waals surface area contributed by atoms with Gasteiger partial charge in [0, 0.05) is 31.0 Å². The molecule has 0 saturated carbocycles. The summed E-state index contributed by atoms with van der Waals surface area (Å²) < 4.78 is 14.6. The van der Waals surface area contributed by atoms with Gasteiger partial charge in [-0.25, -0.2) is 14.4 Å². The molecule has 3 heterocycles. The van der Waals surface area contributed by atoms with Crippen molar-refractivity contribution in [1.82, 2.24) is 20.2 Å². The normalized spacial score (nSPS) is 22.4. The number of carbonyl (C=O) groups excluding carboxylic acids is 2. The second-order valence-electron chi connectivity index (χ2n) is 6.38. The number of aromatic nitrogens is 2. The molecule has 2 aromatic rings. The number of halogens is 1. The molecule has 0 aliphatic carbocycles. The smallest absolute Gasteiger partial charge is 0.257 e. The summed E-state index contributed by atoms with van der Waals surface area (Å²) in [5.41, 5.74) is 1.33. The maximum atomic E-state index is 14.6. The highest BCUT2D eigenvalue weighted by Gasteiger charge is 2.43. The van der Waals surface area contributed by atoms with Gasteiger partial charge in [-0.2, -0.15) is 0 Å². The zero-order valence-corrected chi connectivity index (χ0v) is 13.5. The van der Waals surface area contributed by atoms with Crippen LogP contribution in [0.1, 0.15) is 23.2 Å². The van der Waals surface area contributed by atoms with Crippen LogP contribution < -0.4 is 5.32 Å². The van der Waals surface area contributed by atoms with Gasteiger partial charge in [0.1, 0.15) is 12.1 Å². The highest BCUT2D eigenvalue weighted by Crippen LogP contribution is 2.29. The van der Waals surface area contributed by atoms with Gasteiger partial charge in [-0.05, 0) is 30.5 Å². The summed E-state index contributed by atoms with van der Waals surface area (Å²) in [6, 6.07) is 4.32. The first-order chi connectivity index (χ1) is 12.1. The molecule has 7 heteroatoms. The Balaban J connectivity index is 1.61. The maximum absolute atomic E-state index is 14.6. The monoisotopic (exact) mass is 340 g/mol. The molecule has 0 spiro atoms. The second kappa shape index (κ2) is 6.23. The minimum Gasteiger partial charge on any atom is -0.354 e. The predicted octanol–water partition coefficient (Wildman–Crippen LogP) is 1.63. The van der Waals surface area contributed by atoms with Crippen LogP contribution >= 0.6 is 0 Å². The van der Waals surface area contributed by atoms with Crippen LogP contribution in [-0.2, 0) is 4.79 Å². The Morgan fingerprint density at radius 3 is 2.80 bits per heavy atom. The molecule has 0 bridgehead atoms. The zero-order chi connectivity index (χ0) is 17.4. The Bertz CT molecular complexity index is 827. The van der Waals surface area contributed by atoms with Gasteiger partial charge in [-0.15, -0.1) is 0 Å². The average Bonchev–Trinajstić information content (AvgIpc) is 3.03. The molecule has 25 heavy (non-hydrogen) atoms. The van der Waals surface area contributed by atoms with Crippen molar-refractivity contribution in [2.24, 2.45) is 5.92 Å². The first-order valence-electron chi connectivity index (χ1n) is 8.29. The number of likely N-dealkylation sites (tertiary alicyclic amines) is 1. The first kappa shape index (κ1) is 15.7. The van der Waals surface area contributed by atoms with E-state index in [2.05, 4.69) is 15.3 Å². The molecule has 2 atom stereocenters. The van der Waals surface area contributed by atoms with E-state index in [4.69, 9.17) is 0 Å². The fourth-order valence-electron chi connectivity index (χ4n) is 3.67. The quantitative estimate of drug-likeness (QED) is 0.902. The number of nitrogens with one attached hydrogen (secondary N) is 1. The standard InChI is InChI=1S/C18H17FN4O2/c19-15-6-11(12-7-20-10-21-8-12)3-4-13(15)18(25)23-5-1-2-14-16(23)9-22-17(14)24/h3-4,6-8,10,14,16H,1-2,5,9H2,(H,22,24)/t14-,16-/m1/s1. The van der Waals surface area contributed by atoms with Crippen LogP contribution in [0.5, 0.6) is 0 Å². The van der Waals surface area contributed by atoms with Crippen molar-refractivity contribution in [3.63, 3.8) is 0 Å². The van der Waals surface area contributed by atoms with Crippen LogP contribution in [0.15, 0.2) is 36.9 Å². The number of piperidine rings is 1. The van der Waals surface area contributed by atoms with Crippen molar-refractivity contribution >= 4 is 11.8 Å². The van der Waals surface area contributed by atoms with Gasteiger partial charge in [-0.3, -0.25) is 9.59 Å². The fraction of sp³-hybridized carbons (Fsp3) is 0.333. The molecule has 0 unspecified atom stereocenters. The van der Waals surface area contributed by atoms with Gasteiger partial charge in [0.2, 0.25) is 5.91 Å². The molecular formula is C18H17FN4O2. The van der Waals surface area contributed by atoms with Crippen molar-refractivity contribution in [3.05, 3.63) is 48.3 Å². The first-order valence-corrected chi connectivity index (χ1v) is 8.29. The molecule has 2 amide bonds. The molecule has 6 nitrogen and oxygen atoms in total. The zero-order valence-electron chi connectivity index (χ0n) is 13.5. The molecular weight excluding hydrogens is 323 g/mol. The van der Waals surface area contributed by atoms with E-state index in [1.165, 1.54) is 18.5 Å². The molecule has 128 valence electrons. The summed E-state index contributed by atoms with van der Waals surface area (Å²) >= 11 is 0. The van der Waals surface area contributed by atoms with E-state index in [1.807, 2.05) is 0 Å². The minimum atomic E-state index is -0.578. The highest BCUT2D eigenvalue weighted by molar-refractivity contribution is 5.96. The van der Waals surface area contributed by atoms with E-state index in [-0.39, 0.29) is 29.3 Å². The molecule has 1 N–H and O–H groups in total. The van der Waals surface area contributed by atoms with Gasteiger partial charge in [0.25, 0.3) is 5.91 Å². The summed E-state index contributed by atoms with van der Waals surface area (Å²) in [5.74, 6) is -1.13. The number of hydrogen-bond acceptors (Lipinski definition) is 4. The van der Waals surface area contributed by atoms with E-state index in [1.54, 1.807) is 23.4 Å². The molecule has 2 aliphatic rings. The summed E-state index contributed by atoms with van der Waals surface area (Å²) in [7, 11) is 0. The number of nitrogens with zero attached hydrogens (tertiary/aromatic N) is 3. The fourth-order valence-corrected chi connectivity index (χ4v) is 3.67. The van der Waals surface area contributed by atoms with Gasteiger partial charge in [0.15, 0.2) is 0 Å². The van der Waals surface area contributed by atoms with Gasteiger partial charge >= 0.3 is 0 Å². The van der Waals surface area contributed by atoms with Crippen LogP contribution in [0.4, 0.5) is 4.39 Å². The summed E-state index contributed by atoms with van der Waals surface area (Å²) in [6.07, 6.45) is 6.11. The lowest BCUT2D eigenvalue weighted by molar-refractivity contribution is -0.123. The summed E-state index contributed by atoms with van der Waals surface area (Å²) in [5, 5.41) is 2.80. The second-order valence-corrected chi connectivity index (χ2v) is 6.38. The maximum Gasteiger partial charge on any atom is 0.257 e. The third-order valence-electron chi connectivity index (χ3n) is 4.96. The lowest BCUT2D eigenvalue weighted by Gasteiger charge is -2.36. The van der Waals surface area contributed by atoms with Crippen LogP contribution in [0, 0.1) is 11.7 Å². The lowest BCUT2D eigenvalue weighted by Crippen LogP contribution is -2.48. The average molecular weight is 340 g/mol. The van der Waals surface area contributed by atoms with E-state index in [9.17, 15) is 14.0 Å². The number of rotatable bonds is 2. The molecule has 1 aromatic heterocycles. The number of hydrogen-bond donors (Lipinski definition) is 1. The van der Waals surface area contributed by atoms with Crippen molar-refractivity contribution in [3.8, 4) is 11.1 Å². The van der Waals surface area contributed by atoms with Crippen molar-refractivity contribution < 1.29 is 14.0 Å². The minimum absolute atomic E-state index is 0.0117. The van der Waals surface area contributed by atoms with Gasteiger partial charge in [-0.1, -0.05) is 6.07 Å². The molecule has 2 saturated heterocycles. The van der Waals surface area contributed by atoms with E-state index in [0.717, 1.165) is 12.8 Å². The Hall–Kier alpha value is -2.83. The number of benzene rings is 1. The molecule has 2 aliphatic heterocycles. The topological polar surface area (TPSA) is 75.2 Å². The number of amides is 2. The largest absolute Gasteiger partial charge is 0.354 e. The van der Waals surface area contributed by atoms with Gasteiger partial charge in [0.05, 0.1) is 17.5 Å². The van der Waals surface area contributed by atoms with Crippen molar-refractivity contribution in [2.75, 3.05) is 13.1 Å². The van der Waals surface area contributed by atoms with Crippen molar-refractivity contribution in [1.29, 1.82) is 0 Å². The SMILES string of the molecule is O=C1NC[C@@H]2[C@H]1CCCN2C(=O)c1ccc(-c2cncnc2)cc1F. The Kier molecular flexibility index (Phi) is 3.91. The predicted molar refractivity (Wildman–Crippen MR) is 88.0 cm³/mol. The Morgan fingerprint density at radius 2 is 2.04 bits per heavy atom.